The van der Waals surface area contributed by atoms with Crippen molar-refractivity contribution in [2.45, 2.75) is 13.8 Å². The molecule has 0 atom stereocenters. The lowest BCUT2D eigenvalue weighted by Gasteiger charge is -2.07. The molecule has 4 heteroatoms. The van der Waals surface area contributed by atoms with Gasteiger partial charge >= 0.3 is 0 Å². The zero-order chi connectivity index (χ0) is 15.0. The van der Waals surface area contributed by atoms with E-state index in [1.165, 1.54) is 0 Å². The molecule has 0 radical (unpaired) electrons. The first kappa shape index (κ1) is 13.9. The zero-order valence-electron chi connectivity index (χ0n) is 11.7. The van der Waals surface area contributed by atoms with Crippen molar-refractivity contribution < 1.29 is 9.21 Å². The summed E-state index contributed by atoms with van der Waals surface area (Å²) in [6.45, 7) is 3.96. The van der Waals surface area contributed by atoms with Crippen molar-refractivity contribution in [2.24, 2.45) is 0 Å². The highest BCUT2D eigenvalue weighted by atomic mass is 79.9. The summed E-state index contributed by atoms with van der Waals surface area (Å²) in [5.41, 5.74) is 3.62. The van der Waals surface area contributed by atoms with Gasteiger partial charge in [0, 0.05) is 15.5 Å². The fourth-order valence-electron chi connectivity index (χ4n) is 2.19. The van der Waals surface area contributed by atoms with Crippen LogP contribution in [0.25, 0.3) is 11.0 Å². The minimum absolute atomic E-state index is 0.244. The molecule has 0 spiro atoms. The van der Waals surface area contributed by atoms with E-state index in [1.807, 2.05) is 50.2 Å². The van der Waals surface area contributed by atoms with Crippen LogP contribution in [0.1, 0.15) is 21.7 Å². The lowest BCUT2D eigenvalue weighted by atomic mass is 10.1. The number of benzene rings is 2. The van der Waals surface area contributed by atoms with Gasteiger partial charge in [-0.3, -0.25) is 4.79 Å². The highest BCUT2D eigenvalue weighted by Crippen LogP contribution is 2.27. The smallest absolute Gasteiger partial charge is 0.291 e. The van der Waals surface area contributed by atoms with Crippen molar-refractivity contribution in [3.63, 3.8) is 0 Å². The SMILES string of the molecule is Cc1ccc(C)c(NC(=O)c2cc3c(Br)cccc3o2)c1. The molecule has 0 aliphatic rings. The van der Waals surface area contributed by atoms with Crippen molar-refractivity contribution >= 4 is 38.5 Å². The van der Waals surface area contributed by atoms with Crippen molar-refractivity contribution in [2.75, 3.05) is 5.32 Å². The van der Waals surface area contributed by atoms with E-state index < -0.39 is 0 Å². The molecule has 0 aliphatic heterocycles. The van der Waals surface area contributed by atoms with Crippen LogP contribution < -0.4 is 5.32 Å². The molecule has 3 nitrogen and oxygen atoms in total. The molecule has 21 heavy (non-hydrogen) atoms. The molecule has 0 saturated heterocycles. The van der Waals surface area contributed by atoms with E-state index in [9.17, 15) is 4.79 Å². The van der Waals surface area contributed by atoms with Gasteiger partial charge in [-0.15, -0.1) is 0 Å². The quantitative estimate of drug-likeness (QED) is 0.706. The molecule has 0 saturated carbocycles. The summed E-state index contributed by atoms with van der Waals surface area (Å²) >= 11 is 3.46. The average Bonchev–Trinajstić information content (AvgIpc) is 2.88. The number of halogens is 1. The lowest BCUT2D eigenvalue weighted by Crippen LogP contribution is -2.11. The van der Waals surface area contributed by atoms with Crippen LogP contribution in [0.2, 0.25) is 0 Å². The second-order valence-electron chi connectivity index (χ2n) is 5.03. The molecule has 106 valence electrons. The van der Waals surface area contributed by atoms with E-state index in [-0.39, 0.29) is 5.91 Å². The average molecular weight is 344 g/mol. The summed E-state index contributed by atoms with van der Waals surface area (Å²) in [6, 6.07) is 13.3. The van der Waals surface area contributed by atoms with Gasteiger partial charge in [0.1, 0.15) is 5.58 Å². The van der Waals surface area contributed by atoms with Crippen LogP contribution in [0.4, 0.5) is 5.69 Å². The maximum absolute atomic E-state index is 12.3. The molecule has 2 aromatic carbocycles. The Hall–Kier alpha value is -2.07. The minimum atomic E-state index is -0.244. The molecule has 1 heterocycles. The number of fused-ring (bicyclic) bond motifs is 1. The lowest BCUT2D eigenvalue weighted by molar-refractivity contribution is 0.0998. The van der Waals surface area contributed by atoms with Gasteiger partial charge in [-0.1, -0.05) is 34.1 Å². The number of aryl methyl sites for hydroxylation is 2. The van der Waals surface area contributed by atoms with E-state index in [0.29, 0.717) is 11.3 Å². The number of hydrogen-bond donors (Lipinski definition) is 1. The fraction of sp³-hybridized carbons (Fsp3) is 0.118. The number of furan rings is 1. The summed E-state index contributed by atoms with van der Waals surface area (Å²) < 4.78 is 6.52. The Morgan fingerprint density at radius 1 is 1.14 bits per heavy atom. The van der Waals surface area contributed by atoms with Crippen LogP contribution in [0, 0.1) is 13.8 Å². The van der Waals surface area contributed by atoms with Crippen LogP contribution in [-0.2, 0) is 0 Å². The fourth-order valence-corrected chi connectivity index (χ4v) is 2.65. The van der Waals surface area contributed by atoms with Crippen LogP contribution in [-0.4, -0.2) is 5.91 Å². The minimum Gasteiger partial charge on any atom is -0.451 e. The molecule has 0 bridgehead atoms. The summed E-state index contributed by atoms with van der Waals surface area (Å²) in [4.78, 5) is 12.3. The van der Waals surface area contributed by atoms with Crippen molar-refractivity contribution in [3.8, 4) is 0 Å². The van der Waals surface area contributed by atoms with Gasteiger partial charge in [-0.2, -0.15) is 0 Å². The second-order valence-corrected chi connectivity index (χ2v) is 5.89. The van der Waals surface area contributed by atoms with Crippen LogP contribution in [0.15, 0.2) is 51.4 Å². The highest BCUT2D eigenvalue weighted by Gasteiger charge is 2.14. The number of nitrogens with one attached hydrogen (secondary N) is 1. The topological polar surface area (TPSA) is 42.2 Å². The third-order valence-electron chi connectivity index (χ3n) is 3.37. The summed E-state index contributed by atoms with van der Waals surface area (Å²) in [7, 11) is 0. The van der Waals surface area contributed by atoms with Crippen molar-refractivity contribution in [1.29, 1.82) is 0 Å². The first-order valence-corrected chi connectivity index (χ1v) is 7.40. The van der Waals surface area contributed by atoms with Gasteiger partial charge in [0.2, 0.25) is 0 Å². The Kier molecular flexibility index (Phi) is 3.55. The summed E-state index contributed by atoms with van der Waals surface area (Å²) in [5.74, 6) is 0.0598. The van der Waals surface area contributed by atoms with Crippen LogP contribution >= 0.6 is 15.9 Å². The van der Waals surface area contributed by atoms with E-state index in [0.717, 1.165) is 26.7 Å². The maximum atomic E-state index is 12.3. The van der Waals surface area contributed by atoms with Gasteiger partial charge in [0.15, 0.2) is 5.76 Å². The van der Waals surface area contributed by atoms with E-state index in [1.54, 1.807) is 6.07 Å². The second kappa shape index (κ2) is 5.37. The van der Waals surface area contributed by atoms with E-state index in [4.69, 9.17) is 4.42 Å². The highest BCUT2D eigenvalue weighted by molar-refractivity contribution is 9.10. The molecule has 0 fully saturated rings. The predicted molar refractivity (Wildman–Crippen MR) is 87.8 cm³/mol. The molecule has 0 unspecified atom stereocenters. The molecular weight excluding hydrogens is 330 g/mol. The molecule has 1 amide bonds. The predicted octanol–water partition coefficient (Wildman–Crippen LogP) is 5.06. The number of amides is 1. The van der Waals surface area contributed by atoms with Crippen molar-refractivity contribution in [3.05, 3.63) is 63.8 Å². The van der Waals surface area contributed by atoms with Gasteiger partial charge < -0.3 is 9.73 Å². The summed E-state index contributed by atoms with van der Waals surface area (Å²) in [6.07, 6.45) is 0. The third-order valence-corrected chi connectivity index (χ3v) is 4.06. The first-order valence-electron chi connectivity index (χ1n) is 6.61. The zero-order valence-corrected chi connectivity index (χ0v) is 13.3. The standard InChI is InChI=1S/C17H14BrNO2/c1-10-6-7-11(2)14(8-10)19-17(20)16-9-12-13(18)4-3-5-15(12)21-16/h3-9H,1-2H3,(H,19,20). The van der Waals surface area contributed by atoms with Gasteiger partial charge in [-0.05, 0) is 49.2 Å². The number of carbonyl (C=O) groups is 1. The third kappa shape index (κ3) is 2.72. The van der Waals surface area contributed by atoms with Gasteiger partial charge in [-0.25, -0.2) is 0 Å². The van der Waals surface area contributed by atoms with Gasteiger partial charge in [0.25, 0.3) is 5.91 Å². The Balaban J connectivity index is 1.93. The first-order chi connectivity index (χ1) is 10.0. The largest absolute Gasteiger partial charge is 0.451 e. The monoisotopic (exact) mass is 343 g/mol. The Morgan fingerprint density at radius 3 is 2.71 bits per heavy atom. The van der Waals surface area contributed by atoms with E-state index >= 15 is 0 Å². The number of hydrogen-bond acceptors (Lipinski definition) is 2. The molecule has 0 aliphatic carbocycles. The Labute approximate surface area is 131 Å². The normalized spacial score (nSPS) is 10.8. The summed E-state index contributed by atoms with van der Waals surface area (Å²) in [5, 5.41) is 3.79. The molecule has 3 aromatic rings. The Bertz CT molecular complexity index is 836. The Morgan fingerprint density at radius 2 is 1.95 bits per heavy atom. The molecule has 3 rings (SSSR count). The molecule has 1 N–H and O–H groups in total. The van der Waals surface area contributed by atoms with Crippen LogP contribution in [0.3, 0.4) is 0 Å². The molecule has 1 aromatic heterocycles. The van der Waals surface area contributed by atoms with Crippen molar-refractivity contribution in [1.82, 2.24) is 0 Å². The number of carbonyl (C=O) groups excluding carboxylic acids is 1. The van der Waals surface area contributed by atoms with Gasteiger partial charge in [0.05, 0.1) is 0 Å². The number of rotatable bonds is 2. The molecular formula is C17H14BrNO2. The van der Waals surface area contributed by atoms with E-state index in [2.05, 4.69) is 21.2 Å². The van der Waals surface area contributed by atoms with Crippen LogP contribution in [0.5, 0.6) is 0 Å². The maximum Gasteiger partial charge on any atom is 0.291 e. The number of anilines is 1.